The number of hydrogen-bond acceptors (Lipinski definition) is 3. The Hall–Kier alpha value is -1.13. The van der Waals surface area contributed by atoms with Crippen molar-refractivity contribution < 1.29 is 0 Å². The Morgan fingerprint density at radius 2 is 2.05 bits per heavy atom. The van der Waals surface area contributed by atoms with Crippen LogP contribution in [0, 0.1) is 0 Å². The maximum Gasteiger partial charge on any atom is 0.136 e. The minimum atomic E-state index is 0.957. The van der Waals surface area contributed by atoms with E-state index >= 15 is 0 Å². The topological polar surface area (TPSA) is 28.2 Å². The van der Waals surface area contributed by atoms with Gasteiger partial charge in [0.25, 0.3) is 0 Å². The summed E-state index contributed by atoms with van der Waals surface area (Å²) in [5, 5.41) is 5.82. The van der Waals surface area contributed by atoms with Gasteiger partial charge in [-0.2, -0.15) is 0 Å². The van der Waals surface area contributed by atoms with Crippen molar-refractivity contribution in [3.8, 4) is 0 Å². The number of anilines is 1. The predicted molar refractivity (Wildman–Crippen MR) is 85.9 cm³/mol. The first-order valence-electron chi connectivity index (χ1n) is 6.69. The fraction of sp³-hybridized carbons (Fsp3) is 0.400. The van der Waals surface area contributed by atoms with Crippen LogP contribution in [0.15, 0.2) is 34.9 Å². The monoisotopic (exact) mass is 321 g/mol. The lowest BCUT2D eigenvalue weighted by molar-refractivity contribution is 0.664. The van der Waals surface area contributed by atoms with Crippen molar-refractivity contribution in [2.45, 2.75) is 13.3 Å². The molecular formula is C15H20BrN3. The lowest BCUT2D eigenvalue weighted by Crippen LogP contribution is -2.30. The molecule has 1 heterocycles. The highest BCUT2D eigenvalue weighted by atomic mass is 79.9. The van der Waals surface area contributed by atoms with E-state index in [1.807, 2.05) is 12.3 Å². The first-order valence-corrected chi connectivity index (χ1v) is 7.48. The van der Waals surface area contributed by atoms with Crippen molar-refractivity contribution in [1.82, 2.24) is 10.3 Å². The summed E-state index contributed by atoms with van der Waals surface area (Å²) < 4.78 is 1.12. The SMILES string of the molecule is CCCNCCN(C)c1nccc2c(Br)cccc12. The molecule has 0 aliphatic rings. The van der Waals surface area contributed by atoms with Gasteiger partial charge < -0.3 is 10.2 Å². The number of pyridine rings is 1. The minimum Gasteiger partial charge on any atom is -0.358 e. The molecule has 0 spiro atoms. The number of benzene rings is 1. The maximum absolute atomic E-state index is 4.52. The first kappa shape index (κ1) is 14.3. The summed E-state index contributed by atoms with van der Waals surface area (Å²) in [5.74, 6) is 1.04. The third-order valence-electron chi connectivity index (χ3n) is 3.14. The van der Waals surface area contributed by atoms with Gasteiger partial charge in [-0.1, -0.05) is 35.0 Å². The molecule has 19 heavy (non-hydrogen) atoms. The quantitative estimate of drug-likeness (QED) is 0.826. The van der Waals surface area contributed by atoms with Gasteiger partial charge in [0.05, 0.1) is 0 Å². The average Bonchev–Trinajstić information content (AvgIpc) is 2.43. The van der Waals surface area contributed by atoms with E-state index in [4.69, 9.17) is 0 Å². The second-order valence-electron chi connectivity index (χ2n) is 4.64. The Morgan fingerprint density at radius 1 is 1.21 bits per heavy atom. The zero-order valence-electron chi connectivity index (χ0n) is 11.5. The molecule has 0 aliphatic heterocycles. The van der Waals surface area contributed by atoms with Crippen LogP contribution in [0.2, 0.25) is 0 Å². The normalized spacial score (nSPS) is 10.9. The van der Waals surface area contributed by atoms with Crippen molar-refractivity contribution in [2.24, 2.45) is 0 Å². The Labute approximate surface area is 123 Å². The molecule has 4 heteroatoms. The molecule has 0 atom stereocenters. The van der Waals surface area contributed by atoms with Crippen molar-refractivity contribution in [3.05, 3.63) is 34.9 Å². The van der Waals surface area contributed by atoms with E-state index in [0.29, 0.717) is 0 Å². The Kier molecular flexibility index (Phi) is 5.16. The zero-order chi connectivity index (χ0) is 13.7. The number of hydrogen-bond donors (Lipinski definition) is 1. The van der Waals surface area contributed by atoms with Crippen LogP contribution in [0.4, 0.5) is 5.82 Å². The molecule has 0 saturated heterocycles. The van der Waals surface area contributed by atoms with Crippen LogP contribution in [0.3, 0.4) is 0 Å². The summed E-state index contributed by atoms with van der Waals surface area (Å²) in [6.07, 6.45) is 3.04. The fourth-order valence-corrected chi connectivity index (χ4v) is 2.61. The summed E-state index contributed by atoms with van der Waals surface area (Å²) >= 11 is 3.59. The lowest BCUT2D eigenvalue weighted by Gasteiger charge is -2.20. The Balaban J connectivity index is 2.17. The number of fused-ring (bicyclic) bond motifs is 1. The van der Waals surface area contributed by atoms with Crippen LogP contribution in [0.25, 0.3) is 10.8 Å². The van der Waals surface area contributed by atoms with E-state index in [1.54, 1.807) is 0 Å². The molecule has 0 bridgehead atoms. The van der Waals surface area contributed by atoms with Crippen molar-refractivity contribution in [1.29, 1.82) is 0 Å². The first-order chi connectivity index (χ1) is 9.24. The molecule has 1 N–H and O–H groups in total. The van der Waals surface area contributed by atoms with E-state index in [1.165, 1.54) is 17.2 Å². The van der Waals surface area contributed by atoms with Gasteiger partial charge in [0.1, 0.15) is 5.82 Å². The van der Waals surface area contributed by atoms with Gasteiger partial charge in [-0.25, -0.2) is 4.98 Å². The van der Waals surface area contributed by atoms with Gasteiger partial charge in [-0.15, -0.1) is 0 Å². The predicted octanol–water partition coefficient (Wildman–Crippen LogP) is 3.43. The van der Waals surface area contributed by atoms with E-state index < -0.39 is 0 Å². The van der Waals surface area contributed by atoms with Crippen LogP contribution in [-0.4, -0.2) is 31.7 Å². The molecule has 0 radical (unpaired) electrons. The molecule has 1 aromatic heterocycles. The van der Waals surface area contributed by atoms with Crippen molar-refractivity contribution in [2.75, 3.05) is 31.6 Å². The van der Waals surface area contributed by atoms with Crippen molar-refractivity contribution in [3.63, 3.8) is 0 Å². The standard InChI is InChI=1S/C15H20BrN3/c1-3-8-17-10-11-19(2)15-13-5-4-6-14(16)12(13)7-9-18-15/h4-7,9,17H,3,8,10-11H2,1-2H3. The molecule has 3 nitrogen and oxygen atoms in total. The van der Waals surface area contributed by atoms with Gasteiger partial charge in [-0.3, -0.25) is 0 Å². The van der Waals surface area contributed by atoms with E-state index in [-0.39, 0.29) is 0 Å². The Morgan fingerprint density at radius 3 is 2.84 bits per heavy atom. The summed E-state index contributed by atoms with van der Waals surface area (Å²) in [6.45, 7) is 5.19. The molecule has 1 aromatic carbocycles. The fourth-order valence-electron chi connectivity index (χ4n) is 2.11. The number of nitrogens with zero attached hydrogens (tertiary/aromatic N) is 2. The average molecular weight is 322 g/mol. The number of likely N-dealkylation sites (N-methyl/N-ethyl adjacent to an activating group) is 1. The van der Waals surface area contributed by atoms with Gasteiger partial charge in [0.2, 0.25) is 0 Å². The number of halogens is 1. The minimum absolute atomic E-state index is 0.957. The largest absolute Gasteiger partial charge is 0.358 e. The van der Waals surface area contributed by atoms with Crippen LogP contribution in [0.1, 0.15) is 13.3 Å². The molecular weight excluding hydrogens is 302 g/mol. The molecule has 0 aliphatic carbocycles. The molecule has 2 rings (SSSR count). The van der Waals surface area contributed by atoms with Crippen LogP contribution < -0.4 is 10.2 Å². The number of rotatable bonds is 6. The number of nitrogens with one attached hydrogen (secondary N) is 1. The molecule has 0 saturated carbocycles. The van der Waals surface area contributed by atoms with Gasteiger partial charge in [0.15, 0.2) is 0 Å². The second-order valence-corrected chi connectivity index (χ2v) is 5.50. The third kappa shape index (κ3) is 3.45. The van der Waals surface area contributed by atoms with Gasteiger partial charge in [0, 0.05) is 41.6 Å². The summed E-state index contributed by atoms with van der Waals surface area (Å²) in [5.41, 5.74) is 0. The van der Waals surface area contributed by atoms with Crippen LogP contribution in [-0.2, 0) is 0 Å². The van der Waals surface area contributed by atoms with Crippen LogP contribution >= 0.6 is 15.9 Å². The highest BCUT2D eigenvalue weighted by Crippen LogP contribution is 2.28. The smallest absolute Gasteiger partial charge is 0.136 e. The lowest BCUT2D eigenvalue weighted by atomic mass is 10.1. The summed E-state index contributed by atoms with van der Waals surface area (Å²) in [7, 11) is 2.09. The molecule has 102 valence electrons. The highest BCUT2D eigenvalue weighted by molar-refractivity contribution is 9.10. The molecule has 0 fully saturated rings. The zero-order valence-corrected chi connectivity index (χ0v) is 13.1. The van der Waals surface area contributed by atoms with Crippen LogP contribution in [0.5, 0.6) is 0 Å². The molecule has 0 unspecified atom stereocenters. The van der Waals surface area contributed by atoms with E-state index in [2.05, 4.69) is 63.3 Å². The third-order valence-corrected chi connectivity index (χ3v) is 3.84. The molecule has 2 aromatic rings. The van der Waals surface area contributed by atoms with Crippen molar-refractivity contribution >= 4 is 32.5 Å². The van der Waals surface area contributed by atoms with Gasteiger partial charge >= 0.3 is 0 Å². The summed E-state index contributed by atoms with van der Waals surface area (Å²) in [6, 6.07) is 8.29. The van der Waals surface area contributed by atoms with E-state index in [0.717, 1.165) is 29.9 Å². The maximum atomic E-state index is 4.52. The molecule has 0 amide bonds. The second kappa shape index (κ2) is 6.87. The number of aromatic nitrogens is 1. The highest BCUT2D eigenvalue weighted by Gasteiger charge is 2.08. The Bertz CT molecular complexity index is 542. The van der Waals surface area contributed by atoms with E-state index in [9.17, 15) is 0 Å². The van der Waals surface area contributed by atoms with Gasteiger partial charge in [-0.05, 0) is 25.1 Å². The summed E-state index contributed by atoms with van der Waals surface area (Å²) in [4.78, 5) is 6.73.